The van der Waals surface area contributed by atoms with Crippen LogP contribution in [0, 0.1) is 29.9 Å². The molecule has 0 saturated carbocycles. The molecule has 5 nitrogen and oxygen atoms in total. The molecule has 0 spiro atoms. The van der Waals surface area contributed by atoms with Crippen molar-refractivity contribution in [3.63, 3.8) is 0 Å². The molecule has 0 radical (unpaired) electrons. The molecule has 0 aliphatic carbocycles. The van der Waals surface area contributed by atoms with E-state index in [-0.39, 0.29) is 11.3 Å². The van der Waals surface area contributed by atoms with Gasteiger partial charge in [-0.2, -0.15) is 5.26 Å². The van der Waals surface area contributed by atoms with E-state index in [9.17, 15) is 18.4 Å². The van der Waals surface area contributed by atoms with Crippen molar-refractivity contribution in [1.82, 2.24) is 0 Å². The largest absolute Gasteiger partial charge is 0.452 e. The maximum atomic E-state index is 13.7. The summed E-state index contributed by atoms with van der Waals surface area (Å²) in [4.78, 5) is 23.4. The highest BCUT2D eigenvalue weighted by Gasteiger charge is 2.16. The highest BCUT2D eigenvalue weighted by atomic mass is 19.1. The first-order chi connectivity index (χ1) is 11.4. The first kappa shape index (κ1) is 17.1. The molecule has 0 unspecified atom stereocenters. The molecule has 2 aromatic rings. The molecule has 2 rings (SSSR count). The van der Waals surface area contributed by atoms with Crippen LogP contribution < -0.4 is 5.32 Å². The molecule has 0 heterocycles. The van der Waals surface area contributed by atoms with Crippen LogP contribution in [0.2, 0.25) is 0 Å². The summed E-state index contributed by atoms with van der Waals surface area (Å²) in [6, 6.07) is 9.12. The average molecular weight is 330 g/mol. The van der Waals surface area contributed by atoms with Gasteiger partial charge in [-0.15, -0.1) is 0 Å². The number of ether oxygens (including phenoxy) is 1. The van der Waals surface area contributed by atoms with E-state index in [1.165, 1.54) is 18.2 Å². The van der Waals surface area contributed by atoms with Gasteiger partial charge in [-0.1, -0.05) is 6.07 Å². The van der Waals surface area contributed by atoms with Gasteiger partial charge in [0.25, 0.3) is 5.91 Å². The number of esters is 1. The van der Waals surface area contributed by atoms with Gasteiger partial charge in [-0.05, 0) is 42.8 Å². The molecule has 0 fully saturated rings. The number of carbonyl (C=O) groups excluding carboxylic acids is 2. The number of aryl methyl sites for hydroxylation is 1. The first-order valence-electron chi connectivity index (χ1n) is 6.83. The summed E-state index contributed by atoms with van der Waals surface area (Å²) in [5, 5.41) is 10.9. The van der Waals surface area contributed by atoms with Crippen LogP contribution in [-0.4, -0.2) is 18.5 Å². The zero-order valence-corrected chi connectivity index (χ0v) is 12.6. The third kappa shape index (κ3) is 4.14. The monoisotopic (exact) mass is 330 g/mol. The topological polar surface area (TPSA) is 79.2 Å². The van der Waals surface area contributed by atoms with E-state index in [1.54, 1.807) is 19.1 Å². The quantitative estimate of drug-likeness (QED) is 0.874. The molecule has 0 bridgehead atoms. The molecule has 0 aliphatic heterocycles. The van der Waals surface area contributed by atoms with Crippen molar-refractivity contribution >= 4 is 17.6 Å². The van der Waals surface area contributed by atoms with E-state index >= 15 is 0 Å². The van der Waals surface area contributed by atoms with Gasteiger partial charge in [-0.3, -0.25) is 4.79 Å². The van der Waals surface area contributed by atoms with Crippen molar-refractivity contribution in [2.75, 3.05) is 11.9 Å². The Bertz CT molecular complexity index is 844. The minimum atomic E-state index is -1.06. The molecule has 7 heteroatoms. The Balaban J connectivity index is 1.98. The summed E-state index contributed by atoms with van der Waals surface area (Å²) in [7, 11) is 0. The van der Waals surface area contributed by atoms with Gasteiger partial charge < -0.3 is 10.1 Å². The Labute approximate surface area is 136 Å². The van der Waals surface area contributed by atoms with E-state index < -0.39 is 35.7 Å². The summed E-state index contributed by atoms with van der Waals surface area (Å²) in [6.07, 6.45) is 0. The number of hydrogen-bond acceptors (Lipinski definition) is 4. The lowest BCUT2D eigenvalue weighted by Gasteiger charge is -2.08. The van der Waals surface area contributed by atoms with Crippen molar-refractivity contribution < 1.29 is 23.1 Å². The predicted molar refractivity (Wildman–Crippen MR) is 81.2 cm³/mol. The van der Waals surface area contributed by atoms with Crippen molar-refractivity contribution in [2.24, 2.45) is 0 Å². The van der Waals surface area contributed by atoms with E-state index in [2.05, 4.69) is 5.32 Å². The Hall–Kier alpha value is -3.27. The summed E-state index contributed by atoms with van der Waals surface area (Å²) >= 11 is 0. The number of nitrogens with one attached hydrogen (secondary N) is 1. The van der Waals surface area contributed by atoms with Crippen LogP contribution >= 0.6 is 0 Å². The molecule has 1 N–H and O–H groups in total. The number of nitriles is 1. The molecule has 122 valence electrons. The lowest BCUT2D eigenvalue weighted by Crippen LogP contribution is -2.22. The predicted octanol–water partition coefficient (Wildman–Crippen LogP) is 2.94. The molecule has 1 amide bonds. The normalized spacial score (nSPS) is 9.92. The third-order valence-electron chi connectivity index (χ3n) is 3.05. The standard InChI is InChI=1S/C17H12F2N2O3/c1-10-2-5-13(18)15(6-10)21-16(22)9-24-17(23)12-4-3-11(8-20)7-14(12)19/h2-7H,9H2,1H3,(H,21,22). The Morgan fingerprint density at radius 1 is 1.17 bits per heavy atom. The lowest BCUT2D eigenvalue weighted by atomic mass is 10.1. The molecule has 0 aromatic heterocycles. The minimum absolute atomic E-state index is 0.0411. The van der Waals surface area contributed by atoms with Gasteiger partial charge in [0.15, 0.2) is 6.61 Å². The fourth-order valence-corrected chi connectivity index (χ4v) is 1.88. The van der Waals surface area contributed by atoms with Gasteiger partial charge in [0, 0.05) is 0 Å². The van der Waals surface area contributed by atoms with Gasteiger partial charge >= 0.3 is 5.97 Å². The van der Waals surface area contributed by atoms with Gasteiger partial charge in [0.2, 0.25) is 0 Å². The van der Waals surface area contributed by atoms with Crippen molar-refractivity contribution in [2.45, 2.75) is 6.92 Å². The smallest absolute Gasteiger partial charge is 0.341 e. The lowest BCUT2D eigenvalue weighted by molar-refractivity contribution is -0.119. The molecule has 0 saturated heterocycles. The third-order valence-corrected chi connectivity index (χ3v) is 3.05. The van der Waals surface area contributed by atoms with Crippen LogP contribution in [-0.2, 0) is 9.53 Å². The number of amides is 1. The van der Waals surface area contributed by atoms with Crippen molar-refractivity contribution in [3.05, 3.63) is 64.7 Å². The van der Waals surface area contributed by atoms with E-state index in [4.69, 9.17) is 10.00 Å². The van der Waals surface area contributed by atoms with Crippen LogP contribution in [0.3, 0.4) is 0 Å². The summed E-state index contributed by atoms with van der Waals surface area (Å²) in [6.45, 7) is 1.02. The second-order valence-corrected chi connectivity index (χ2v) is 4.91. The Kier molecular flexibility index (Phi) is 5.22. The maximum Gasteiger partial charge on any atom is 0.341 e. The number of benzene rings is 2. The van der Waals surface area contributed by atoms with E-state index in [0.717, 1.165) is 17.7 Å². The fraction of sp³-hybridized carbons (Fsp3) is 0.118. The number of hydrogen-bond donors (Lipinski definition) is 1. The Morgan fingerprint density at radius 3 is 2.58 bits per heavy atom. The molecular weight excluding hydrogens is 318 g/mol. The van der Waals surface area contributed by atoms with Gasteiger partial charge in [0.05, 0.1) is 22.9 Å². The first-order valence-corrected chi connectivity index (χ1v) is 6.83. The number of carbonyl (C=O) groups is 2. The highest BCUT2D eigenvalue weighted by Crippen LogP contribution is 2.16. The fourth-order valence-electron chi connectivity index (χ4n) is 1.88. The maximum absolute atomic E-state index is 13.7. The zero-order valence-electron chi connectivity index (χ0n) is 12.6. The molecule has 0 aliphatic rings. The van der Waals surface area contributed by atoms with Crippen molar-refractivity contribution in [3.8, 4) is 6.07 Å². The van der Waals surface area contributed by atoms with Crippen LogP contribution in [0.5, 0.6) is 0 Å². The number of rotatable bonds is 4. The summed E-state index contributed by atoms with van der Waals surface area (Å²) < 4.78 is 31.9. The van der Waals surface area contributed by atoms with Crippen LogP contribution in [0.15, 0.2) is 36.4 Å². The molecule has 2 aromatic carbocycles. The second-order valence-electron chi connectivity index (χ2n) is 4.91. The number of anilines is 1. The second kappa shape index (κ2) is 7.33. The van der Waals surface area contributed by atoms with Gasteiger partial charge in [-0.25, -0.2) is 13.6 Å². The molecule has 24 heavy (non-hydrogen) atoms. The van der Waals surface area contributed by atoms with Gasteiger partial charge in [0.1, 0.15) is 11.6 Å². The molecular formula is C17H12F2N2O3. The minimum Gasteiger partial charge on any atom is -0.452 e. The Morgan fingerprint density at radius 2 is 1.92 bits per heavy atom. The van der Waals surface area contributed by atoms with Crippen molar-refractivity contribution in [1.29, 1.82) is 5.26 Å². The van der Waals surface area contributed by atoms with Crippen LogP contribution in [0.1, 0.15) is 21.5 Å². The summed E-state index contributed by atoms with van der Waals surface area (Å²) in [5.41, 5.74) is 0.351. The molecule has 0 atom stereocenters. The highest BCUT2D eigenvalue weighted by molar-refractivity contribution is 5.95. The number of nitrogens with zero attached hydrogens (tertiary/aromatic N) is 1. The van der Waals surface area contributed by atoms with Crippen LogP contribution in [0.4, 0.5) is 14.5 Å². The summed E-state index contributed by atoms with van der Waals surface area (Å²) in [5.74, 6) is -3.37. The zero-order chi connectivity index (χ0) is 17.7. The number of halogens is 2. The van der Waals surface area contributed by atoms with E-state index in [0.29, 0.717) is 0 Å². The van der Waals surface area contributed by atoms with Crippen LogP contribution in [0.25, 0.3) is 0 Å². The van der Waals surface area contributed by atoms with E-state index in [1.807, 2.05) is 0 Å². The average Bonchev–Trinajstić information content (AvgIpc) is 2.55. The SMILES string of the molecule is Cc1ccc(F)c(NC(=O)COC(=O)c2ccc(C#N)cc2F)c1.